The summed E-state index contributed by atoms with van der Waals surface area (Å²) in [6, 6.07) is 7.60. The Morgan fingerprint density at radius 2 is 1.81 bits per heavy atom. The molecule has 6 heteroatoms. The van der Waals surface area contributed by atoms with Crippen molar-refractivity contribution in [3.8, 4) is 0 Å². The first-order valence-corrected chi connectivity index (χ1v) is 13.1. The molecule has 4 atom stereocenters. The van der Waals surface area contributed by atoms with Gasteiger partial charge in [-0.2, -0.15) is 0 Å². The lowest BCUT2D eigenvalue weighted by atomic mass is 9.62. The average Bonchev–Trinajstić information content (AvgIpc) is 2.52. The second-order valence-electron chi connectivity index (χ2n) is 8.81. The van der Waals surface area contributed by atoms with Crippen molar-refractivity contribution in [1.29, 1.82) is 0 Å². The van der Waals surface area contributed by atoms with Crippen molar-refractivity contribution >= 4 is 32.5 Å². The van der Waals surface area contributed by atoms with Crippen molar-refractivity contribution in [2.45, 2.75) is 57.3 Å². The number of rotatable bonds is 4. The highest BCUT2D eigenvalue weighted by atomic mass is 32.2. The van der Waals surface area contributed by atoms with Gasteiger partial charge in [0.1, 0.15) is 0 Å². The third-order valence-electron chi connectivity index (χ3n) is 5.85. The fourth-order valence-electron chi connectivity index (χ4n) is 4.05. The maximum absolute atomic E-state index is 13.1. The SMILES string of the molecule is C[SiH](C)O[C@](C)([C@H]1C(=O)N[C@H]1[C@H]1CSc2ccccc2C1=O)C(C)(C)C. The normalized spacial score (nSPS) is 28.2. The van der Waals surface area contributed by atoms with Crippen LogP contribution in [0.5, 0.6) is 0 Å². The van der Waals surface area contributed by atoms with Crippen LogP contribution in [0.4, 0.5) is 0 Å². The van der Waals surface area contributed by atoms with Crippen molar-refractivity contribution in [2.75, 3.05) is 5.75 Å². The van der Waals surface area contributed by atoms with E-state index in [1.165, 1.54) is 0 Å². The molecule has 0 aromatic heterocycles. The number of thioether (sulfide) groups is 1. The van der Waals surface area contributed by atoms with Gasteiger partial charge in [-0.1, -0.05) is 39.0 Å². The average molecular weight is 392 g/mol. The smallest absolute Gasteiger partial charge is 0.228 e. The van der Waals surface area contributed by atoms with Crippen molar-refractivity contribution in [3.05, 3.63) is 29.8 Å². The van der Waals surface area contributed by atoms with E-state index in [0.29, 0.717) is 5.75 Å². The molecule has 0 bridgehead atoms. The summed E-state index contributed by atoms with van der Waals surface area (Å²) in [5.41, 5.74) is 0.000917. The highest BCUT2D eigenvalue weighted by Gasteiger charge is 2.60. The van der Waals surface area contributed by atoms with Crippen LogP contribution >= 0.6 is 11.8 Å². The standard InChI is InChI=1S/C20H29NO3SSi/c1-19(2,3)20(4,24-26(5)6)15-16(21-18(15)23)13-11-25-14-10-8-7-9-12(14)17(13)22/h7-10,13,15-16,26H,11H2,1-6H3,(H,21,23)/t13-,15-,16+,20-/m1/s1. The van der Waals surface area contributed by atoms with E-state index in [9.17, 15) is 9.59 Å². The van der Waals surface area contributed by atoms with E-state index in [2.05, 4.69) is 46.1 Å². The van der Waals surface area contributed by atoms with Gasteiger partial charge in [0.15, 0.2) is 14.8 Å². The van der Waals surface area contributed by atoms with Crippen LogP contribution in [-0.4, -0.2) is 38.1 Å². The Kier molecular flexibility index (Phi) is 5.14. The molecule has 2 aliphatic heterocycles. The molecule has 0 radical (unpaired) electrons. The van der Waals surface area contributed by atoms with Crippen molar-refractivity contribution in [3.63, 3.8) is 0 Å². The Morgan fingerprint density at radius 1 is 1.15 bits per heavy atom. The van der Waals surface area contributed by atoms with Crippen LogP contribution in [0.3, 0.4) is 0 Å². The van der Waals surface area contributed by atoms with Gasteiger partial charge in [-0.25, -0.2) is 0 Å². The number of carbonyl (C=O) groups excluding carboxylic acids is 2. The van der Waals surface area contributed by atoms with Gasteiger partial charge in [0.2, 0.25) is 5.91 Å². The Morgan fingerprint density at radius 3 is 2.38 bits per heavy atom. The number of fused-ring (bicyclic) bond motifs is 1. The van der Waals surface area contributed by atoms with Crippen molar-refractivity contribution in [2.24, 2.45) is 17.3 Å². The summed E-state index contributed by atoms with van der Waals surface area (Å²) in [7, 11) is -1.37. The first kappa shape index (κ1) is 19.6. The molecule has 1 aromatic carbocycles. The van der Waals surface area contributed by atoms with E-state index in [4.69, 9.17) is 4.43 Å². The predicted molar refractivity (Wildman–Crippen MR) is 108 cm³/mol. The van der Waals surface area contributed by atoms with E-state index < -0.39 is 14.6 Å². The molecule has 1 N–H and O–H groups in total. The molecule has 1 fully saturated rings. The quantitative estimate of drug-likeness (QED) is 0.630. The maximum atomic E-state index is 13.1. The summed E-state index contributed by atoms with van der Waals surface area (Å²) in [6.07, 6.45) is 0. The lowest BCUT2D eigenvalue weighted by molar-refractivity contribution is -0.161. The number of β-lactam (4-membered cyclic amide) rings is 1. The molecule has 2 heterocycles. The zero-order valence-corrected chi connectivity index (χ0v) is 18.4. The molecule has 0 aliphatic carbocycles. The summed E-state index contributed by atoms with van der Waals surface area (Å²) in [5.74, 6) is 0.372. The number of carbonyl (C=O) groups is 2. The van der Waals surface area contributed by atoms with Crippen LogP contribution < -0.4 is 5.32 Å². The second kappa shape index (κ2) is 6.80. The minimum Gasteiger partial charge on any atom is -0.414 e. The highest BCUT2D eigenvalue weighted by molar-refractivity contribution is 7.99. The number of hydrogen-bond acceptors (Lipinski definition) is 4. The Bertz CT molecular complexity index is 730. The van der Waals surface area contributed by atoms with Gasteiger partial charge in [0.25, 0.3) is 0 Å². The molecule has 0 spiro atoms. The molecule has 1 aromatic rings. The van der Waals surface area contributed by atoms with Gasteiger partial charge in [-0.3, -0.25) is 9.59 Å². The summed E-state index contributed by atoms with van der Waals surface area (Å²) in [4.78, 5) is 26.8. The Hall–Kier alpha value is -1.11. The number of amides is 1. The predicted octanol–water partition coefficient (Wildman–Crippen LogP) is 3.51. The molecule has 1 saturated heterocycles. The summed E-state index contributed by atoms with van der Waals surface area (Å²) in [5, 5.41) is 3.04. The maximum Gasteiger partial charge on any atom is 0.228 e. The Balaban J connectivity index is 1.92. The number of nitrogens with one attached hydrogen (secondary N) is 1. The van der Waals surface area contributed by atoms with Gasteiger partial charge in [-0.05, 0) is 31.5 Å². The topological polar surface area (TPSA) is 55.4 Å². The number of hydrogen-bond donors (Lipinski definition) is 1. The monoisotopic (exact) mass is 391 g/mol. The molecule has 0 saturated carbocycles. The second-order valence-corrected chi connectivity index (χ2v) is 12.2. The molecule has 142 valence electrons. The lowest BCUT2D eigenvalue weighted by Crippen LogP contribution is -2.73. The number of Topliss-reactive ketones (excluding diaryl/α,β-unsaturated/α-hetero) is 1. The molecule has 1 amide bonds. The van der Waals surface area contributed by atoms with Crippen LogP contribution in [0, 0.1) is 17.3 Å². The van der Waals surface area contributed by atoms with Gasteiger partial charge in [0, 0.05) is 16.2 Å². The molecule has 0 unspecified atom stereocenters. The summed E-state index contributed by atoms with van der Waals surface area (Å²) in [6.45, 7) is 12.7. The molecule has 2 aliphatic rings. The highest BCUT2D eigenvalue weighted by Crippen LogP contribution is 2.48. The zero-order chi connectivity index (χ0) is 19.3. The van der Waals surface area contributed by atoms with Crippen LogP contribution in [0.25, 0.3) is 0 Å². The van der Waals surface area contributed by atoms with Gasteiger partial charge in [0.05, 0.1) is 23.5 Å². The van der Waals surface area contributed by atoms with Gasteiger partial charge < -0.3 is 9.74 Å². The van der Waals surface area contributed by atoms with Crippen LogP contribution in [0.15, 0.2) is 29.2 Å². The van der Waals surface area contributed by atoms with Crippen LogP contribution in [0.2, 0.25) is 13.1 Å². The molecular weight excluding hydrogens is 362 g/mol. The van der Waals surface area contributed by atoms with Crippen LogP contribution in [0.1, 0.15) is 38.1 Å². The minimum atomic E-state index is -1.37. The zero-order valence-electron chi connectivity index (χ0n) is 16.5. The molecule has 26 heavy (non-hydrogen) atoms. The van der Waals surface area contributed by atoms with E-state index in [1.807, 2.05) is 24.3 Å². The fourth-order valence-corrected chi connectivity index (χ4v) is 6.75. The van der Waals surface area contributed by atoms with Crippen LogP contribution in [-0.2, 0) is 9.22 Å². The van der Waals surface area contributed by atoms with E-state index in [-0.39, 0.29) is 35.0 Å². The van der Waals surface area contributed by atoms with Crippen molar-refractivity contribution in [1.82, 2.24) is 5.32 Å². The summed E-state index contributed by atoms with van der Waals surface area (Å²) < 4.78 is 6.46. The first-order valence-electron chi connectivity index (χ1n) is 9.30. The third kappa shape index (κ3) is 3.16. The largest absolute Gasteiger partial charge is 0.414 e. The molecular formula is C20H29NO3SSi. The molecule has 3 rings (SSSR count). The Labute approximate surface area is 162 Å². The van der Waals surface area contributed by atoms with Gasteiger partial charge in [-0.15, -0.1) is 11.8 Å². The third-order valence-corrected chi connectivity index (χ3v) is 8.01. The fraction of sp³-hybridized carbons (Fsp3) is 0.600. The van der Waals surface area contributed by atoms with E-state index in [1.54, 1.807) is 11.8 Å². The number of benzene rings is 1. The van der Waals surface area contributed by atoms with E-state index in [0.717, 1.165) is 10.5 Å². The van der Waals surface area contributed by atoms with E-state index >= 15 is 0 Å². The minimum absolute atomic E-state index is 0.0127. The number of ketones is 1. The van der Waals surface area contributed by atoms with Crippen molar-refractivity contribution < 1.29 is 14.0 Å². The summed E-state index contributed by atoms with van der Waals surface area (Å²) >= 11 is 1.71. The first-order chi connectivity index (χ1) is 12.1. The molecule has 4 nitrogen and oxygen atoms in total. The van der Waals surface area contributed by atoms with Gasteiger partial charge >= 0.3 is 0 Å². The lowest BCUT2D eigenvalue weighted by Gasteiger charge is -2.56.